The van der Waals surface area contributed by atoms with Gasteiger partial charge in [-0.15, -0.1) is 0 Å². The smallest absolute Gasteiger partial charge is 0.410 e. The van der Waals surface area contributed by atoms with Crippen LogP contribution in [0.25, 0.3) is 12.2 Å². The molecule has 3 aromatic rings. The van der Waals surface area contributed by atoms with Gasteiger partial charge in [-0.3, -0.25) is 19.4 Å². The molecule has 0 radical (unpaired) electrons. The lowest BCUT2D eigenvalue weighted by molar-refractivity contribution is -0.129. The number of methoxy groups -OCH3 is 3. The Labute approximate surface area is 343 Å². The van der Waals surface area contributed by atoms with E-state index in [0.717, 1.165) is 53.9 Å². The molecule has 0 bridgehead atoms. The number of amides is 2. The minimum atomic E-state index is -0.679. The van der Waals surface area contributed by atoms with Crippen LogP contribution in [0.5, 0.6) is 0 Å². The lowest BCUT2D eigenvalue weighted by Gasteiger charge is -2.23. The van der Waals surface area contributed by atoms with E-state index in [-0.39, 0.29) is 18.6 Å². The third-order valence-corrected chi connectivity index (χ3v) is 9.81. The third-order valence-electron chi connectivity index (χ3n) is 9.81. The lowest BCUT2D eigenvalue weighted by atomic mass is 10.1. The predicted molar refractivity (Wildman–Crippen MR) is 229 cm³/mol. The molecule has 58 heavy (non-hydrogen) atoms. The summed E-state index contributed by atoms with van der Waals surface area (Å²) in [5, 5.41) is 6.50. The standard InChI is InChI=1S/C36H44N4O5.C8H8O2.C2H6O/c1-39-23-32(43-2)20-31(39)22-37-29-16-12-26(13-17-29)10-11-27-14-18-30(19-15-27)38-35(41)34-21-33(44-3)24-40(34)36(42)45-25-28-8-6-4-5-7-9-28;9-7-10-6-8-4-2-1-3-5-8;1-3-2/h4-6,8-19,31-34,37H,7,20-25H2,1-3H3,(H,38,41);1-5,7H,6H2;1-2H3/b11-10+;;/t31-,32+,33+,34-;;/m0../s1. The first kappa shape index (κ1) is 45.2. The van der Waals surface area contributed by atoms with E-state index < -0.39 is 12.1 Å². The van der Waals surface area contributed by atoms with Gasteiger partial charge in [0, 0.05) is 65.4 Å². The number of anilines is 2. The second-order valence-corrected chi connectivity index (χ2v) is 14.1. The van der Waals surface area contributed by atoms with Crippen LogP contribution < -0.4 is 10.6 Å². The van der Waals surface area contributed by atoms with Crippen molar-refractivity contribution in [2.24, 2.45) is 0 Å². The zero-order valence-corrected chi connectivity index (χ0v) is 34.3. The maximum atomic E-state index is 13.3. The molecule has 0 spiro atoms. The van der Waals surface area contributed by atoms with Crippen LogP contribution in [-0.4, -0.2) is 114 Å². The van der Waals surface area contributed by atoms with E-state index in [0.29, 0.717) is 43.9 Å². The molecule has 3 aliphatic rings. The van der Waals surface area contributed by atoms with E-state index in [4.69, 9.17) is 14.2 Å². The van der Waals surface area contributed by atoms with Crippen LogP contribution in [0.2, 0.25) is 0 Å². The summed E-state index contributed by atoms with van der Waals surface area (Å²) in [6.07, 6.45) is 15.8. The number of carbonyl (C=O) groups excluding carboxylic acids is 3. The predicted octanol–water partition coefficient (Wildman–Crippen LogP) is 7.22. The van der Waals surface area contributed by atoms with Crippen LogP contribution in [-0.2, 0) is 39.9 Å². The molecule has 2 saturated heterocycles. The first-order valence-electron chi connectivity index (χ1n) is 19.4. The highest BCUT2D eigenvalue weighted by Crippen LogP contribution is 2.24. The number of allylic oxidation sites excluding steroid dienone is 4. The van der Waals surface area contributed by atoms with Gasteiger partial charge in [0.25, 0.3) is 6.47 Å². The van der Waals surface area contributed by atoms with Crippen molar-refractivity contribution < 1.29 is 38.1 Å². The van der Waals surface area contributed by atoms with Gasteiger partial charge in [0.1, 0.15) is 19.3 Å². The van der Waals surface area contributed by atoms with Crippen molar-refractivity contribution in [1.82, 2.24) is 9.80 Å². The van der Waals surface area contributed by atoms with Gasteiger partial charge >= 0.3 is 6.09 Å². The van der Waals surface area contributed by atoms with Gasteiger partial charge in [-0.05, 0) is 66.4 Å². The Hall–Kier alpha value is -5.53. The Morgan fingerprint density at radius 1 is 0.793 bits per heavy atom. The minimum absolute atomic E-state index is 0.156. The lowest BCUT2D eigenvalue weighted by Crippen LogP contribution is -2.43. The Balaban J connectivity index is 0.000000490. The van der Waals surface area contributed by atoms with Gasteiger partial charge < -0.3 is 34.3 Å². The molecule has 2 amide bonds. The van der Waals surface area contributed by atoms with E-state index in [1.54, 1.807) is 28.4 Å². The highest BCUT2D eigenvalue weighted by molar-refractivity contribution is 5.97. The first-order valence-corrected chi connectivity index (χ1v) is 19.4. The SMILES string of the molecule is COC.CO[C@@H]1C[C@@H](CNc2ccc(/C=C/c3ccc(NC(=O)[C@@H]4C[C@@H](OC)CN4C(=O)OCC4=CCC=CC=C4)cc3)cc2)N(C)C1.O=COCc1ccccc1. The Morgan fingerprint density at radius 3 is 2.05 bits per heavy atom. The Morgan fingerprint density at radius 2 is 1.43 bits per heavy atom. The van der Waals surface area contributed by atoms with E-state index in [1.165, 1.54) is 4.90 Å². The van der Waals surface area contributed by atoms with Crippen molar-refractivity contribution in [2.45, 2.75) is 50.2 Å². The fourth-order valence-electron chi connectivity index (χ4n) is 6.56. The fourth-order valence-corrected chi connectivity index (χ4v) is 6.56. The average Bonchev–Trinajstić information content (AvgIpc) is 3.76. The number of rotatable bonds is 14. The molecule has 0 unspecified atom stereocenters. The molecule has 12 nitrogen and oxygen atoms in total. The number of likely N-dealkylation sites (tertiary alicyclic amines) is 2. The monoisotopic (exact) mass is 794 g/mol. The molecule has 2 N–H and O–H groups in total. The molecule has 4 atom stereocenters. The maximum absolute atomic E-state index is 13.3. The summed E-state index contributed by atoms with van der Waals surface area (Å²) in [5.74, 6) is -0.264. The molecule has 310 valence electrons. The Bertz CT molecular complexity index is 1810. The zero-order valence-electron chi connectivity index (χ0n) is 34.3. The summed E-state index contributed by atoms with van der Waals surface area (Å²) in [6, 6.07) is 25.4. The molecule has 2 fully saturated rings. The van der Waals surface area contributed by atoms with Gasteiger partial charge in [0.15, 0.2) is 0 Å². The highest BCUT2D eigenvalue weighted by atomic mass is 16.6. The molecule has 2 heterocycles. The van der Waals surface area contributed by atoms with Crippen LogP contribution in [0.3, 0.4) is 0 Å². The van der Waals surface area contributed by atoms with E-state index in [1.807, 2.05) is 91.1 Å². The summed E-state index contributed by atoms with van der Waals surface area (Å²) in [5.41, 5.74) is 5.79. The van der Waals surface area contributed by atoms with Crippen molar-refractivity contribution in [3.63, 3.8) is 0 Å². The molecule has 12 heteroatoms. The van der Waals surface area contributed by atoms with Crippen molar-refractivity contribution in [3.8, 4) is 0 Å². The summed E-state index contributed by atoms with van der Waals surface area (Å²) in [7, 11) is 8.77. The molecule has 3 aromatic carbocycles. The third kappa shape index (κ3) is 15.1. The van der Waals surface area contributed by atoms with Crippen LogP contribution in [0.1, 0.15) is 36.0 Å². The molecule has 0 saturated carbocycles. The number of hydrogen-bond acceptors (Lipinski definition) is 10. The molecule has 0 aromatic heterocycles. The van der Waals surface area contributed by atoms with E-state index in [9.17, 15) is 14.4 Å². The normalized spacial score (nSPS) is 19.9. The maximum Gasteiger partial charge on any atom is 0.410 e. The number of carbonyl (C=O) groups is 3. The van der Waals surface area contributed by atoms with Gasteiger partial charge in [-0.2, -0.15) is 0 Å². The van der Waals surface area contributed by atoms with Crippen molar-refractivity contribution in [3.05, 3.63) is 132 Å². The molecular weight excluding hydrogens is 737 g/mol. The number of benzene rings is 3. The minimum Gasteiger partial charge on any atom is -0.463 e. The fraction of sp³-hybridized carbons (Fsp3) is 0.370. The molecule has 2 aliphatic heterocycles. The van der Waals surface area contributed by atoms with Crippen molar-refractivity contribution in [1.29, 1.82) is 0 Å². The number of hydrogen-bond donors (Lipinski definition) is 2. The van der Waals surface area contributed by atoms with E-state index >= 15 is 0 Å². The van der Waals surface area contributed by atoms with Gasteiger partial charge in [0.05, 0.1) is 18.8 Å². The zero-order chi connectivity index (χ0) is 41.5. The number of likely N-dealkylation sites (N-methyl/N-ethyl adjacent to an activating group) is 1. The average molecular weight is 795 g/mol. The summed E-state index contributed by atoms with van der Waals surface area (Å²) in [4.78, 5) is 39.8. The second kappa shape index (κ2) is 25.0. The molecule has 6 rings (SSSR count). The topological polar surface area (TPSA) is 128 Å². The van der Waals surface area contributed by atoms with Crippen LogP contribution >= 0.6 is 0 Å². The summed E-state index contributed by atoms with van der Waals surface area (Å²) < 4.78 is 25.3. The van der Waals surface area contributed by atoms with Crippen LogP contribution in [0, 0.1) is 0 Å². The number of ether oxygens (including phenoxy) is 5. The first-order chi connectivity index (χ1) is 28.3. The van der Waals surface area contributed by atoms with E-state index in [2.05, 4.69) is 62.4 Å². The second-order valence-electron chi connectivity index (χ2n) is 14.1. The quantitative estimate of drug-likeness (QED) is 0.128. The van der Waals surface area contributed by atoms with Crippen LogP contribution in [0.15, 0.2) is 115 Å². The number of nitrogens with zero attached hydrogens (tertiary/aromatic N) is 2. The Kier molecular flexibility index (Phi) is 19.4. The van der Waals surface area contributed by atoms with Crippen molar-refractivity contribution >= 4 is 42.0 Å². The summed E-state index contributed by atoms with van der Waals surface area (Å²) >= 11 is 0. The number of nitrogens with one attached hydrogen (secondary N) is 2. The summed E-state index contributed by atoms with van der Waals surface area (Å²) in [6.45, 7) is 3.14. The molecular formula is C46H58N4O8. The van der Waals surface area contributed by atoms with Gasteiger partial charge in [-0.25, -0.2) is 4.79 Å². The molecule has 1 aliphatic carbocycles. The highest BCUT2D eigenvalue weighted by Gasteiger charge is 2.40. The van der Waals surface area contributed by atoms with Crippen molar-refractivity contribution in [2.75, 3.05) is 72.4 Å². The van der Waals surface area contributed by atoms with Gasteiger partial charge in [-0.1, -0.05) is 97.1 Å². The van der Waals surface area contributed by atoms with Crippen LogP contribution in [0.4, 0.5) is 16.2 Å². The largest absolute Gasteiger partial charge is 0.463 e. The van der Waals surface area contributed by atoms with Gasteiger partial charge in [0.2, 0.25) is 5.91 Å².